The second kappa shape index (κ2) is 11.6. The Morgan fingerprint density at radius 2 is 1.09 bits per heavy atom. The van der Waals surface area contributed by atoms with Crippen LogP contribution in [0, 0.1) is 0 Å². The third kappa shape index (κ3) is 6.46. The first-order valence-corrected chi connectivity index (χ1v) is 12.4. The Balaban J connectivity index is 1.41. The van der Waals surface area contributed by atoms with E-state index in [-0.39, 0.29) is 12.1 Å². The maximum atomic E-state index is 6.17. The van der Waals surface area contributed by atoms with Gasteiger partial charge in [0.15, 0.2) is 0 Å². The van der Waals surface area contributed by atoms with E-state index in [1.54, 1.807) is 0 Å². The van der Waals surface area contributed by atoms with Crippen molar-refractivity contribution in [3.05, 3.63) is 144 Å². The van der Waals surface area contributed by atoms with Crippen LogP contribution in [-0.4, -0.2) is 22.8 Å². The number of hydrogen-bond donors (Lipinski definition) is 0. The lowest BCUT2D eigenvalue weighted by atomic mass is 9.94. The molecule has 0 radical (unpaired) electrons. The van der Waals surface area contributed by atoms with E-state index >= 15 is 0 Å². The zero-order chi connectivity index (χ0) is 23.7. The molecule has 4 aromatic rings. The summed E-state index contributed by atoms with van der Waals surface area (Å²) in [5.41, 5.74) is 6.35. The molecule has 4 aromatic carbocycles. The molecule has 2 atom stereocenters. The Hall–Kier alpha value is -3.69. The van der Waals surface area contributed by atoms with Crippen molar-refractivity contribution >= 4 is 5.71 Å². The number of rotatable bonds is 10. The summed E-state index contributed by atoms with van der Waals surface area (Å²) in [5.74, 6) is 0. The van der Waals surface area contributed by atoms with E-state index in [2.05, 4.69) is 131 Å². The Morgan fingerprint density at radius 1 is 0.629 bits per heavy atom. The van der Waals surface area contributed by atoms with Crippen molar-refractivity contribution in [2.24, 2.45) is 5.16 Å². The first-order chi connectivity index (χ1) is 17.3. The van der Waals surface area contributed by atoms with Crippen molar-refractivity contribution in [2.45, 2.75) is 44.5 Å². The van der Waals surface area contributed by atoms with Crippen LogP contribution in [0.4, 0.5) is 0 Å². The quantitative estimate of drug-likeness (QED) is 0.263. The third-order valence-corrected chi connectivity index (χ3v) is 6.65. The number of hydrogen-bond acceptors (Lipinski definition) is 3. The van der Waals surface area contributed by atoms with Gasteiger partial charge in [-0.2, -0.15) is 0 Å². The second-order valence-corrected chi connectivity index (χ2v) is 9.30. The van der Waals surface area contributed by atoms with Gasteiger partial charge in [0.05, 0.1) is 11.8 Å². The molecule has 3 nitrogen and oxygen atoms in total. The van der Waals surface area contributed by atoms with Crippen LogP contribution in [0.1, 0.15) is 28.7 Å². The summed E-state index contributed by atoms with van der Waals surface area (Å²) in [6.45, 7) is 1.72. The lowest BCUT2D eigenvalue weighted by Crippen LogP contribution is -2.44. The largest absolute Gasteiger partial charge is 0.390 e. The molecule has 0 aromatic heterocycles. The van der Waals surface area contributed by atoms with Gasteiger partial charge < -0.3 is 4.84 Å². The predicted octanol–water partition coefficient (Wildman–Crippen LogP) is 6.69. The standard InChI is InChI=1S/C32H32N2O/c1-5-13-26(14-6-1)21-30-23-32(35-33-30)31(22-27-15-7-2-8-16-27)34(24-28-17-9-3-10-18-28)25-29-19-11-4-12-20-29/h1-20,31-32H,21-25H2/t31-,32+/m0/s1. The molecule has 176 valence electrons. The fourth-order valence-corrected chi connectivity index (χ4v) is 4.87. The van der Waals surface area contributed by atoms with E-state index in [1.165, 1.54) is 22.3 Å². The fourth-order valence-electron chi connectivity index (χ4n) is 4.87. The van der Waals surface area contributed by atoms with Crippen LogP contribution in [0.3, 0.4) is 0 Å². The van der Waals surface area contributed by atoms with Crippen LogP contribution in [0.5, 0.6) is 0 Å². The van der Waals surface area contributed by atoms with Gasteiger partial charge in [-0.25, -0.2) is 0 Å². The molecule has 1 aliphatic rings. The SMILES string of the molecule is c1ccc(CC2=NO[C@@H]([C@H](Cc3ccccc3)N(Cc3ccccc3)Cc3ccccc3)C2)cc1. The van der Waals surface area contributed by atoms with Crippen LogP contribution >= 0.6 is 0 Å². The summed E-state index contributed by atoms with van der Waals surface area (Å²) in [6.07, 6.45) is 2.62. The minimum absolute atomic E-state index is 0.0151. The van der Waals surface area contributed by atoms with Gasteiger partial charge in [0, 0.05) is 25.9 Å². The van der Waals surface area contributed by atoms with Gasteiger partial charge in [-0.05, 0) is 28.7 Å². The summed E-state index contributed by atoms with van der Waals surface area (Å²) < 4.78 is 0. The smallest absolute Gasteiger partial charge is 0.148 e. The predicted molar refractivity (Wildman–Crippen MR) is 143 cm³/mol. The number of nitrogens with zero attached hydrogens (tertiary/aromatic N) is 2. The summed E-state index contributed by atoms with van der Waals surface area (Å²) in [5, 5.41) is 4.56. The number of benzene rings is 4. The monoisotopic (exact) mass is 460 g/mol. The molecule has 0 fully saturated rings. The normalized spacial score (nSPS) is 16.0. The van der Waals surface area contributed by atoms with Gasteiger partial charge >= 0.3 is 0 Å². The highest BCUT2D eigenvalue weighted by Gasteiger charge is 2.34. The van der Waals surface area contributed by atoms with Crippen LogP contribution in [0.2, 0.25) is 0 Å². The van der Waals surface area contributed by atoms with Gasteiger partial charge in [-0.15, -0.1) is 0 Å². The lowest BCUT2D eigenvalue weighted by Gasteiger charge is -2.35. The van der Waals surface area contributed by atoms with Crippen molar-refractivity contribution in [1.82, 2.24) is 4.90 Å². The minimum atomic E-state index is 0.0151. The first kappa shape index (κ1) is 23.1. The molecule has 1 aliphatic heterocycles. The summed E-state index contributed by atoms with van der Waals surface area (Å²) >= 11 is 0. The minimum Gasteiger partial charge on any atom is -0.390 e. The molecule has 35 heavy (non-hydrogen) atoms. The summed E-state index contributed by atoms with van der Waals surface area (Å²) in [7, 11) is 0. The molecule has 0 N–H and O–H groups in total. The molecule has 1 heterocycles. The average molecular weight is 461 g/mol. The van der Waals surface area contributed by atoms with Crippen molar-refractivity contribution in [1.29, 1.82) is 0 Å². The zero-order valence-electron chi connectivity index (χ0n) is 20.0. The topological polar surface area (TPSA) is 24.8 Å². The Kier molecular flexibility index (Phi) is 7.67. The van der Waals surface area contributed by atoms with E-state index in [9.17, 15) is 0 Å². The van der Waals surface area contributed by atoms with Crippen LogP contribution in [-0.2, 0) is 30.8 Å². The maximum Gasteiger partial charge on any atom is 0.148 e. The van der Waals surface area contributed by atoms with E-state index < -0.39 is 0 Å². The molecule has 5 rings (SSSR count). The Labute approximate surface area is 208 Å². The second-order valence-electron chi connectivity index (χ2n) is 9.30. The Bertz CT molecular complexity index is 1150. The maximum absolute atomic E-state index is 6.17. The van der Waals surface area contributed by atoms with Crippen LogP contribution < -0.4 is 0 Å². The molecule has 0 aliphatic carbocycles. The summed E-state index contributed by atoms with van der Waals surface area (Å²) in [6, 6.07) is 43.0. The highest BCUT2D eigenvalue weighted by atomic mass is 16.6. The molecule has 0 amide bonds. The van der Waals surface area contributed by atoms with Crippen molar-refractivity contribution in [3.8, 4) is 0 Å². The summed E-state index contributed by atoms with van der Waals surface area (Å²) in [4.78, 5) is 8.75. The molecule has 3 heteroatoms. The molecular formula is C32H32N2O. The van der Waals surface area contributed by atoms with Crippen molar-refractivity contribution in [3.63, 3.8) is 0 Å². The Morgan fingerprint density at radius 3 is 1.60 bits per heavy atom. The van der Waals surface area contributed by atoms with Crippen molar-refractivity contribution in [2.75, 3.05) is 0 Å². The van der Waals surface area contributed by atoms with Gasteiger partial charge in [-0.1, -0.05) is 126 Å². The van der Waals surface area contributed by atoms with Gasteiger partial charge in [0.1, 0.15) is 6.10 Å². The van der Waals surface area contributed by atoms with Crippen molar-refractivity contribution < 1.29 is 4.84 Å². The van der Waals surface area contributed by atoms with Gasteiger partial charge in [-0.3, -0.25) is 4.90 Å². The highest BCUT2D eigenvalue weighted by molar-refractivity contribution is 5.87. The van der Waals surface area contributed by atoms with E-state index in [1.807, 2.05) is 0 Å². The molecule has 0 spiro atoms. The van der Waals surface area contributed by atoms with Crippen LogP contribution in [0.15, 0.2) is 126 Å². The molecule has 0 saturated heterocycles. The van der Waals surface area contributed by atoms with E-state index in [0.717, 1.165) is 38.1 Å². The average Bonchev–Trinajstić information content (AvgIpc) is 3.37. The fraction of sp³-hybridized carbons (Fsp3) is 0.219. The zero-order valence-corrected chi connectivity index (χ0v) is 20.0. The lowest BCUT2D eigenvalue weighted by molar-refractivity contribution is 0.000135. The molecule has 0 unspecified atom stereocenters. The van der Waals surface area contributed by atoms with Gasteiger partial charge in [0.2, 0.25) is 0 Å². The third-order valence-electron chi connectivity index (χ3n) is 6.65. The van der Waals surface area contributed by atoms with E-state index in [4.69, 9.17) is 4.84 Å². The van der Waals surface area contributed by atoms with Gasteiger partial charge in [0.25, 0.3) is 0 Å². The molecule has 0 bridgehead atoms. The molecular weight excluding hydrogens is 428 g/mol. The molecule has 0 saturated carbocycles. The number of oxime groups is 1. The highest BCUT2D eigenvalue weighted by Crippen LogP contribution is 2.26. The first-order valence-electron chi connectivity index (χ1n) is 12.4. The van der Waals surface area contributed by atoms with Crippen LogP contribution in [0.25, 0.3) is 0 Å². The van der Waals surface area contributed by atoms with E-state index in [0.29, 0.717) is 0 Å².